The number of hydrogen-bond donors (Lipinski definition) is 0. The van der Waals surface area contributed by atoms with E-state index in [2.05, 4.69) is 40.3 Å². The topological polar surface area (TPSA) is 9.23 Å². The van der Waals surface area contributed by atoms with Crippen LogP contribution in [0.5, 0.6) is 0 Å². The van der Waals surface area contributed by atoms with Crippen molar-refractivity contribution >= 4 is 18.4 Å². The van der Waals surface area contributed by atoms with E-state index < -0.39 is 18.4 Å². The predicted octanol–water partition coefficient (Wildman–Crippen LogP) is 6.98. The van der Waals surface area contributed by atoms with Crippen molar-refractivity contribution in [1.82, 2.24) is 0 Å². The van der Waals surface area contributed by atoms with Gasteiger partial charge in [0.05, 0.1) is 0 Å². The zero-order chi connectivity index (χ0) is 16.8. The van der Waals surface area contributed by atoms with Crippen molar-refractivity contribution in [2.45, 2.75) is 90.1 Å². The molecule has 0 rings (SSSR count). The first-order chi connectivity index (χ1) is 10.6. The average molecular weight is 415 g/mol. The Labute approximate surface area is 144 Å². The Hall–Kier alpha value is 0.239. The normalized spacial score (nSPS) is 14.1. The van der Waals surface area contributed by atoms with Gasteiger partial charge in [0.15, 0.2) is 0 Å². The fraction of sp³-hybridized carbons (Fsp3) is 0.800. The van der Waals surface area contributed by atoms with Crippen LogP contribution in [0.15, 0.2) is 24.3 Å². The molecule has 0 saturated carbocycles. The van der Waals surface area contributed by atoms with Crippen LogP contribution in [-0.2, 0) is 4.74 Å². The molecule has 2 heteroatoms. The molecule has 0 aromatic rings. The summed E-state index contributed by atoms with van der Waals surface area (Å²) in [6, 6.07) is 0. The van der Waals surface area contributed by atoms with Crippen LogP contribution in [0.2, 0.25) is 17.7 Å². The zero-order valence-electron chi connectivity index (χ0n) is 15.9. The van der Waals surface area contributed by atoms with Gasteiger partial charge in [-0.15, -0.1) is 0 Å². The molecular formula is C20H40OSn. The molecule has 0 N–H and O–H groups in total. The Kier molecular flexibility index (Phi) is 13.8. The summed E-state index contributed by atoms with van der Waals surface area (Å²) in [5.41, 5.74) is 1.51. The van der Waals surface area contributed by atoms with Gasteiger partial charge < -0.3 is 0 Å². The van der Waals surface area contributed by atoms with E-state index in [0.29, 0.717) is 0 Å². The fourth-order valence-corrected chi connectivity index (χ4v) is 20.1. The molecule has 0 aromatic carbocycles. The van der Waals surface area contributed by atoms with Gasteiger partial charge in [-0.1, -0.05) is 0 Å². The van der Waals surface area contributed by atoms with Crippen LogP contribution < -0.4 is 0 Å². The minimum atomic E-state index is -2.10. The van der Waals surface area contributed by atoms with Gasteiger partial charge in [0.2, 0.25) is 0 Å². The van der Waals surface area contributed by atoms with Crippen molar-refractivity contribution in [2.75, 3.05) is 7.11 Å². The summed E-state index contributed by atoms with van der Waals surface area (Å²) in [4.78, 5) is 0. The van der Waals surface area contributed by atoms with Gasteiger partial charge in [0, 0.05) is 0 Å². The summed E-state index contributed by atoms with van der Waals surface area (Å²) in [6.07, 6.45) is 12.8. The summed E-state index contributed by atoms with van der Waals surface area (Å²) >= 11 is -2.10. The molecule has 0 saturated heterocycles. The van der Waals surface area contributed by atoms with E-state index in [9.17, 15) is 0 Å². The van der Waals surface area contributed by atoms with E-state index >= 15 is 0 Å². The number of hydrogen-bond acceptors (Lipinski definition) is 1. The molecule has 0 aliphatic carbocycles. The molecule has 0 radical (unpaired) electrons. The molecule has 0 spiro atoms. The maximum absolute atomic E-state index is 5.64. The molecule has 0 aliphatic rings. The van der Waals surface area contributed by atoms with Gasteiger partial charge in [0.1, 0.15) is 0 Å². The second-order valence-electron chi connectivity index (χ2n) is 6.84. The van der Waals surface area contributed by atoms with Gasteiger partial charge in [-0.2, -0.15) is 0 Å². The molecule has 1 unspecified atom stereocenters. The molecule has 0 amide bonds. The quantitative estimate of drug-likeness (QED) is 0.220. The van der Waals surface area contributed by atoms with Gasteiger partial charge in [-0.3, -0.25) is 0 Å². The third-order valence-corrected chi connectivity index (χ3v) is 20.4. The first-order valence-corrected chi connectivity index (χ1v) is 17.5. The first kappa shape index (κ1) is 22.2. The second-order valence-corrected chi connectivity index (χ2v) is 20.7. The van der Waals surface area contributed by atoms with E-state index in [1.165, 1.54) is 48.5 Å². The zero-order valence-corrected chi connectivity index (χ0v) is 18.8. The number of unbranched alkanes of at least 4 members (excludes halogenated alkanes) is 3. The van der Waals surface area contributed by atoms with Crippen molar-refractivity contribution in [2.24, 2.45) is 0 Å². The Bertz CT molecular complexity index is 287. The molecule has 0 aromatic heterocycles. The molecule has 0 fully saturated rings. The first-order valence-electron chi connectivity index (χ1n) is 9.43. The van der Waals surface area contributed by atoms with Crippen molar-refractivity contribution in [3.8, 4) is 0 Å². The molecule has 0 bridgehead atoms. The Balaban J connectivity index is 5.26. The Morgan fingerprint density at radius 3 is 1.77 bits per heavy atom. The fourth-order valence-electron chi connectivity index (χ4n) is 3.37. The van der Waals surface area contributed by atoms with E-state index in [4.69, 9.17) is 4.74 Å². The van der Waals surface area contributed by atoms with Crippen LogP contribution in [0.4, 0.5) is 0 Å². The van der Waals surface area contributed by atoms with Gasteiger partial charge >= 0.3 is 145 Å². The van der Waals surface area contributed by atoms with Crippen molar-refractivity contribution in [3.63, 3.8) is 0 Å². The third kappa shape index (κ3) is 8.76. The van der Waals surface area contributed by atoms with Gasteiger partial charge in [-0.25, -0.2) is 0 Å². The SMILES string of the molecule is C=C/C=C(\[CH2][Sn]([CH2]CCC)([CH2]CCC)[CH2]CCC)C(C)OC. The molecule has 130 valence electrons. The van der Waals surface area contributed by atoms with Crippen molar-refractivity contribution in [3.05, 3.63) is 24.3 Å². The van der Waals surface area contributed by atoms with Crippen LogP contribution in [0, 0.1) is 0 Å². The third-order valence-electron chi connectivity index (χ3n) is 4.97. The van der Waals surface area contributed by atoms with Crippen LogP contribution >= 0.6 is 0 Å². The van der Waals surface area contributed by atoms with Crippen LogP contribution in [-0.4, -0.2) is 31.6 Å². The van der Waals surface area contributed by atoms with Crippen LogP contribution in [0.3, 0.4) is 0 Å². The maximum atomic E-state index is 5.64. The molecular weight excluding hydrogens is 375 g/mol. The van der Waals surface area contributed by atoms with Crippen molar-refractivity contribution in [1.29, 1.82) is 0 Å². The van der Waals surface area contributed by atoms with Crippen LogP contribution in [0.1, 0.15) is 66.2 Å². The predicted molar refractivity (Wildman–Crippen MR) is 104 cm³/mol. The van der Waals surface area contributed by atoms with E-state index in [-0.39, 0.29) is 6.10 Å². The number of allylic oxidation sites excluding steroid dienone is 2. The molecule has 0 aliphatic heterocycles. The summed E-state index contributed by atoms with van der Waals surface area (Å²) in [7, 11) is 1.84. The average Bonchev–Trinajstić information content (AvgIpc) is 2.54. The Morgan fingerprint density at radius 1 is 1.00 bits per heavy atom. The second kappa shape index (κ2) is 13.7. The number of methoxy groups -OCH3 is 1. The van der Waals surface area contributed by atoms with Gasteiger partial charge in [-0.05, 0) is 0 Å². The Morgan fingerprint density at radius 2 is 1.45 bits per heavy atom. The van der Waals surface area contributed by atoms with Crippen LogP contribution in [0.25, 0.3) is 0 Å². The van der Waals surface area contributed by atoms with Gasteiger partial charge in [0.25, 0.3) is 0 Å². The van der Waals surface area contributed by atoms with E-state index in [1.807, 2.05) is 13.2 Å². The molecule has 0 heterocycles. The summed E-state index contributed by atoms with van der Waals surface area (Å²) in [5, 5.41) is 0. The molecule has 1 atom stereocenters. The summed E-state index contributed by atoms with van der Waals surface area (Å²) in [5.74, 6) is 0. The molecule has 1 nitrogen and oxygen atoms in total. The number of rotatable bonds is 14. The molecule has 22 heavy (non-hydrogen) atoms. The summed E-state index contributed by atoms with van der Waals surface area (Å²) in [6.45, 7) is 13.2. The van der Waals surface area contributed by atoms with Crippen molar-refractivity contribution < 1.29 is 4.74 Å². The number of ether oxygens (including phenoxy) is 1. The van der Waals surface area contributed by atoms with E-state index in [0.717, 1.165) is 0 Å². The summed E-state index contributed by atoms with van der Waals surface area (Å²) < 4.78 is 11.7. The monoisotopic (exact) mass is 416 g/mol. The standard InChI is InChI=1S/C8H13O.3C4H9.Sn/c1-5-6-7(2)8(3)9-4;3*1-3-4-2;/h5-6,8H,1-2H2,3-4H3;3*1,3-4H2,2H3;/b7-6+;;;;. The minimum absolute atomic E-state index is 0.249. The van der Waals surface area contributed by atoms with E-state index in [1.54, 1.807) is 13.3 Å².